The summed E-state index contributed by atoms with van der Waals surface area (Å²) < 4.78 is 0. The predicted molar refractivity (Wildman–Crippen MR) is 133 cm³/mol. The molecule has 0 bridgehead atoms. The maximum atomic E-state index is 5.84. The summed E-state index contributed by atoms with van der Waals surface area (Å²) in [5.74, 6) is 0. The van der Waals surface area contributed by atoms with Crippen molar-refractivity contribution in [3.8, 4) is 0 Å². The van der Waals surface area contributed by atoms with Crippen molar-refractivity contribution in [3.05, 3.63) is 29.8 Å². The molecule has 1 aromatic rings. The fourth-order valence-corrected chi connectivity index (χ4v) is 4.33. The van der Waals surface area contributed by atoms with E-state index in [2.05, 4.69) is 25.1 Å². The highest BCUT2D eigenvalue weighted by Gasteiger charge is 1.97. The summed E-state index contributed by atoms with van der Waals surface area (Å²) in [6.45, 7) is 2.30. The van der Waals surface area contributed by atoms with E-state index in [0.717, 1.165) is 5.69 Å². The third-order valence-electron chi connectivity index (χ3n) is 6.27. The summed E-state index contributed by atoms with van der Waals surface area (Å²) in [6.07, 6.45) is 30.0. The van der Waals surface area contributed by atoms with Gasteiger partial charge in [0.15, 0.2) is 0 Å². The van der Waals surface area contributed by atoms with Crippen LogP contribution in [0.5, 0.6) is 0 Å². The van der Waals surface area contributed by atoms with Crippen molar-refractivity contribution in [3.63, 3.8) is 0 Å². The lowest BCUT2D eigenvalue weighted by molar-refractivity contribution is 0.522. The van der Waals surface area contributed by atoms with E-state index in [1.807, 2.05) is 6.07 Å². The Kier molecular flexibility index (Phi) is 18.2. The highest BCUT2D eigenvalue weighted by Crippen LogP contribution is 2.15. The van der Waals surface area contributed by atoms with Gasteiger partial charge in [-0.2, -0.15) is 0 Å². The van der Waals surface area contributed by atoms with E-state index >= 15 is 0 Å². The molecular weight excluding hydrogens is 350 g/mol. The lowest BCUT2D eigenvalue weighted by Crippen LogP contribution is -1.89. The van der Waals surface area contributed by atoms with E-state index < -0.39 is 0 Å². The van der Waals surface area contributed by atoms with E-state index in [0.29, 0.717) is 0 Å². The summed E-state index contributed by atoms with van der Waals surface area (Å²) >= 11 is 0. The molecule has 168 valence electrons. The van der Waals surface area contributed by atoms with Gasteiger partial charge in [0.05, 0.1) is 0 Å². The van der Waals surface area contributed by atoms with Crippen LogP contribution in [0, 0.1) is 0 Å². The first-order valence-corrected chi connectivity index (χ1v) is 13.2. The van der Waals surface area contributed by atoms with Gasteiger partial charge in [-0.1, -0.05) is 141 Å². The predicted octanol–water partition coefficient (Wildman–Crippen LogP) is 9.63. The molecule has 1 aromatic carbocycles. The summed E-state index contributed by atoms with van der Waals surface area (Å²) in [6, 6.07) is 8.36. The lowest BCUT2D eigenvalue weighted by atomic mass is 10.0. The first-order valence-electron chi connectivity index (χ1n) is 13.2. The molecule has 29 heavy (non-hydrogen) atoms. The highest BCUT2D eigenvalue weighted by atomic mass is 14.5. The molecule has 0 atom stereocenters. The first-order chi connectivity index (χ1) is 14.3. The Labute approximate surface area is 183 Å². The normalized spacial score (nSPS) is 11.2. The van der Waals surface area contributed by atoms with Gasteiger partial charge < -0.3 is 5.73 Å². The van der Waals surface area contributed by atoms with Gasteiger partial charge in [0, 0.05) is 5.69 Å². The van der Waals surface area contributed by atoms with Gasteiger partial charge in [0.1, 0.15) is 0 Å². The Morgan fingerprint density at radius 3 is 1.28 bits per heavy atom. The summed E-state index contributed by atoms with van der Waals surface area (Å²) in [5, 5.41) is 0. The Hall–Kier alpha value is -0.980. The molecule has 0 fully saturated rings. The van der Waals surface area contributed by atoms with Crippen molar-refractivity contribution in [2.24, 2.45) is 0 Å². The standard InChI is InChI=1S/C28H51N/c1-2-3-4-5-6-7-8-9-10-11-12-13-14-15-16-17-18-19-20-21-23-27-24-22-25-28(29)26-27/h22,24-26H,2-21,23,29H2,1H3. The number of nitrogens with two attached hydrogens (primary N) is 1. The van der Waals surface area contributed by atoms with Gasteiger partial charge in [-0.05, 0) is 30.5 Å². The molecule has 0 aromatic heterocycles. The topological polar surface area (TPSA) is 26.0 Å². The molecule has 0 heterocycles. The van der Waals surface area contributed by atoms with Gasteiger partial charge in [-0.25, -0.2) is 0 Å². The molecule has 0 saturated carbocycles. The maximum absolute atomic E-state index is 5.84. The number of anilines is 1. The van der Waals surface area contributed by atoms with E-state index in [-0.39, 0.29) is 0 Å². The van der Waals surface area contributed by atoms with Crippen LogP contribution in [0.3, 0.4) is 0 Å². The van der Waals surface area contributed by atoms with Crippen LogP contribution in [-0.4, -0.2) is 0 Å². The molecule has 0 spiro atoms. The Morgan fingerprint density at radius 2 is 0.897 bits per heavy atom. The molecule has 0 saturated heterocycles. The van der Waals surface area contributed by atoms with Crippen molar-refractivity contribution in [1.82, 2.24) is 0 Å². The number of benzene rings is 1. The summed E-state index contributed by atoms with van der Waals surface area (Å²) in [4.78, 5) is 0. The van der Waals surface area contributed by atoms with Crippen LogP contribution in [0.1, 0.15) is 141 Å². The van der Waals surface area contributed by atoms with Crippen LogP contribution in [0.2, 0.25) is 0 Å². The molecular formula is C28H51N. The molecule has 0 unspecified atom stereocenters. The monoisotopic (exact) mass is 401 g/mol. The average Bonchev–Trinajstić information content (AvgIpc) is 2.72. The molecule has 0 amide bonds. The Morgan fingerprint density at radius 1 is 0.517 bits per heavy atom. The summed E-state index contributed by atoms with van der Waals surface area (Å²) in [5.41, 5.74) is 8.13. The van der Waals surface area contributed by atoms with Gasteiger partial charge in [0.25, 0.3) is 0 Å². The minimum absolute atomic E-state index is 0.899. The van der Waals surface area contributed by atoms with Gasteiger partial charge in [0.2, 0.25) is 0 Å². The van der Waals surface area contributed by atoms with Crippen molar-refractivity contribution >= 4 is 5.69 Å². The van der Waals surface area contributed by atoms with Crippen LogP contribution in [0.4, 0.5) is 5.69 Å². The molecule has 0 aliphatic carbocycles. The van der Waals surface area contributed by atoms with E-state index in [9.17, 15) is 0 Å². The molecule has 0 aliphatic heterocycles. The maximum Gasteiger partial charge on any atom is 0.0316 e. The number of unbranched alkanes of at least 4 members (excludes halogenated alkanes) is 19. The van der Waals surface area contributed by atoms with Crippen molar-refractivity contribution in [2.75, 3.05) is 5.73 Å². The minimum Gasteiger partial charge on any atom is -0.399 e. The van der Waals surface area contributed by atoms with Crippen LogP contribution in [0.15, 0.2) is 24.3 Å². The summed E-state index contributed by atoms with van der Waals surface area (Å²) in [7, 11) is 0. The van der Waals surface area contributed by atoms with Gasteiger partial charge in [-0.3, -0.25) is 0 Å². The average molecular weight is 402 g/mol. The van der Waals surface area contributed by atoms with E-state index in [4.69, 9.17) is 5.73 Å². The Balaban J connectivity index is 1.70. The lowest BCUT2D eigenvalue weighted by Gasteiger charge is -2.04. The van der Waals surface area contributed by atoms with Crippen LogP contribution < -0.4 is 5.73 Å². The molecule has 2 N–H and O–H groups in total. The minimum atomic E-state index is 0.899. The van der Waals surface area contributed by atoms with Crippen molar-refractivity contribution in [1.29, 1.82) is 0 Å². The number of hydrogen-bond donors (Lipinski definition) is 1. The van der Waals surface area contributed by atoms with Crippen molar-refractivity contribution < 1.29 is 0 Å². The zero-order chi connectivity index (χ0) is 20.8. The number of rotatable bonds is 21. The van der Waals surface area contributed by atoms with Gasteiger partial charge >= 0.3 is 0 Å². The van der Waals surface area contributed by atoms with E-state index in [1.54, 1.807) is 0 Å². The third-order valence-corrected chi connectivity index (χ3v) is 6.27. The molecule has 1 heteroatoms. The molecule has 0 radical (unpaired) electrons. The first kappa shape index (κ1) is 26.1. The fraction of sp³-hybridized carbons (Fsp3) is 0.786. The number of nitrogen functional groups attached to an aromatic ring is 1. The number of aryl methyl sites for hydroxylation is 1. The fourth-order valence-electron chi connectivity index (χ4n) is 4.33. The number of hydrogen-bond acceptors (Lipinski definition) is 1. The highest BCUT2D eigenvalue weighted by molar-refractivity contribution is 5.40. The SMILES string of the molecule is CCCCCCCCCCCCCCCCCCCCCCc1cccc(N)c1. The molecule has 1 nitrogen and oxygen atoms in total. The second kappa shape index (κ2) is 20.3. The zero-order valence-electron chi connectivity index (χ0n) is 19.7. The molecule has 0 aliphatic rings. The quantitative estimate of drug-likeness (QED) is 0.161. The smallest absolute Gasteiger partial charge is 0.0316 e. The largest absolute Gasteiger partial charge is 0.399 e. The Bertz CT molecular complexity index is 453. The third kappa shape index (κ3) is 17.6. The van der Waals surface area contributed by atoms with Gasteiger partial charge in [-0.15, -0.1) is 0 Å². The van der Waals surface area contributed by atoms with Crippen LogP contribution >= 0.6 is 0 Å². The van der Waals surface area contributed by atoms with Crippen LogP contribution in [-0.2, 0) is 6.42 Å². The zero-order valence-corrected chi connectivity index (χ0v) is 19.7. The second-order valence-electron chi connectivity index (χ2n) is 9.21. The van der Waals surface area contributed by atoms with E-state index in [1.165, 1.54) is 140 Å². The van der Waals surface area contributed by atoms with Crippen molar-refractivity contribution in [2.45, 2.75) is 142 Å². The molecule has 1 rings (SSSR count). The second-order valence-corrected chi connectivity index (χ2v) is 9.21. The van der Waals surface area contributed by atoms with Crippen LogP contribution in [0.25, 0.3) is 0 Å².